The molecule has 0 fully saturated rings. The lowest BCUT2D eigenvalue weighted by Gasteiger charge is -2.02. The fraction of sp³-hybridized carbons (Fsp3) is 0.700. The molecule has 90 valence electrons. The summed E-state index contributed by atoms with van der Waals surface area (Å²) < 4.78 is 0.898. The van der Waals surface area contributed by atoms with E-state index >= 15 is 0 Å². The Morgan fingerprint density at radius 2 is 2.06 bits per heavy atom. The number of aromatic nitrogens is 2. The largest absolute Gasteiger partial charge is 0.300 e. The second kappa shape index (κ2) is 6.20. The maximum Gasteiger partial charge on any atom is 0.226 e. The molecular weight excluding hydrogens is 242 g/mol. The van der Waals surface area contributed by atoms with E-state index in [9.17, 15) is 4.79 Å². The van der Waals surface area contributed by atoms with Gasteiger partial charge in [0.1, 0.15) is 0 Å². The highest BCUT2D eigenvalue weighted by molar-refractivity contribution is 8.01. The summed E-state index contributed by atoms with van der Waals surface area (Å²) in [6.45, 7) is 8.23. The predicted molar refractivity (Wildman–Crippen MR) is 69.0 cm³/mol. The lowest BCUT2D eigenvalue weighted by atomic mass is 10.1. The maximum atomic E-state index is 11.5. The van der Waals surface area contributed by atoms with Gasteiger partial charge in [0.15, 0.2) is 4.34 Å². The second-order valence-electron chi connectivity index (χ2n) is 4.19. The van der Waals surface area contributed by atoms with Crippen molar-refractivity contribution in [3.05, 3.63) is 0 Å². The molecule has 0 spiro atoms. The lowest BCUT2D eigenvalue weighted by molar-refractivity contribution is -0.116. The van der Waals surface area contributed by atoms with Crippen molar-refractivity contribution in [1.29, 1.82) is 0 Å². The van der Waals surface area contributed by atoms with Gasteiger partial charge in [0.25, 0.3) is 0 Å². The molecule has 1 heterocycles. The first-order valence-electron chi connectivity index (χ1n) is 5.27. The summed E-state index contributed by atoms with van der Waals surface area (Å²) in [5.74, 6) is 0.365. The van der Waals surface area contributed by atoms with E-state index in [1.807, 2.05) is 13.8 Å². The third-order valence-corrected chi connectivity index (χ3v) is 3.51. The van der Waals surface area contributed by atoms with Gasteiger partial charge in [-0.3, -0.25) is 4.79 Å². The molecule has 0 aromatic carbocycles. The van der Waals surface area contributed by atoms with Gasteiger partial charge < -0.3 is 5.32 Å². The van der Waals surface area contributed by atoms with Gasteiger partial charge in [-0.05, 0) is 5.92 Å². The monoisotopic (exact) mass is 259 g/mol. The summed E-state index contributed by atoms with van der Waals surface area (Å²) in [5.41, 5.74) is 0. The van der Waals surface area contributed by atoms with Crippen LogP contribution >= 0.6 is 23.1 Å². The highest BCUT2D eigenvalue weighted by atomic mass is 32.2. The standard InChI is InChI=1S/C10H17N3OS2/c1-6(2)5-8(14)11-9-12-13-10(16-9)15-7(3)4/h6-7H,5H2,1-4H3,(H,11,12,14). The van der Waals surface area contributed by atoms with Crippen LogP contribution in [0.2, 0.25) is 0 Å². The Balaban J connectivity index is 2.48. The number of hydrogen-bond donors (Lipinski definition) is 1. The summed E-state index contributed by atoms with van der Waals surface area (Å²) in [6.07, 6.45) is 0.520. The van der Waals surface area contributed by atoms with Crippen LogP contribution in [0.3, 0.4) is 0 Å². The quantitative estimate of drug-likeness (QED) is 0.652. The van der Waals surface area contributed by atoms with Gasteiger partial charge in [-0.1, -0.05) is 50.8 Å². The smallest absolute Gasteiger partial charge is 0.226 e. The fourth-order valence-corrected chi connectivity index (χ4v) is 3.04. The van der Waals surface area contributed by atoms with Crippen LogP contribution in [0, 0.1) is 5.92 Å². The Hall–Kier alpha value is -0.620. The first-order chi connectivity index (χ1) is 7.47. The summed E-state index contributed by atoms with van der Waals surface area (Å²) >= 11 is 3.08. The molecule has 0 aliphatic carbocycles. The second-order valence-corrected chi connectivity index (χ2v) is 6.99. The molecule has 0 saturated carbocycles. The highest BCUT2D eigenvalue weighted by Crippen LogP contribution is 2.28. The number of nitrogens with one attached hydrogen (secondary N) is 1. The summed E-state index contributed by atoms with van der Waals surface area (Å²) in [4.78, 5) is 11.5. The number of carbonyl (C=O) groups excluding carboxylic acids is 1. The van der Waals surface area contributed by atoms with Crippen LogP contribution in [0.25, 0.3) is 0 Å². The molecule has 4 nitrogen and oxygen atoms in total. The topological polar surface area (TPSA) is 54.9 Å². The van der Waals surface area contributed by atoms with Gasteiger partial charge in [-0.2, -0.15) is 0 Å². The number of thioether (sulfide) groups is 1. The Labute approximate surface area is 104 Å². The average Bonchev–Trinajstić information content (AvgIpc) is 2.49. The first-order valence-corrected chi connectivity index (χ1v) is 6.97. The normalized spacial score (nSPS) is 11.1. The summed E-state index contributed by atoms with van der Waals surface area (Å²) in [5, 5.41) is 11.8. The van der Waals surface area contributed by atoms with Crippen LogP contribution in [-0.2, 0) is 4.79 Å². The number of rotatable bonds is 5. The van der Waals surface area contributed by atoms with E-state index in [0.717, 1.165) is 4.34 Å². The van der Waals surface area contributed by atoms with Crippen molar-refractivity contribution >= 4 is 34.1 Å². The average molecular weight is 259 g/mol. The third-order valence-electron chi connectivity index (χ3n) is 1.58. The first kappa shape index (κ1) is 13.4. The number of nitrogens with zero attached hydrogens (tertiary/aromatic N) is 2. The number of anilines is 1. The molecular formula is C10H17N3OS2. The van der Waals surface area contributed by atoms with Crippen molar-refractivity contribution in [2.75, 3.05) is 5.32 Å². The third kappa shape index (κ3) is 4.94. The van der Waals surface area contributed by atoms with Gasteiger partial charge in [-0.15, -0.1) is 10.2 Å². The zero-order valence-electron chi connectivity index (χ0n) is 9.98. The highest BCUT2D eigenvalue weighted by Gasteiger charge is 2.10. The van der Waals surface area contributed by atoms with Crippen LogP contribution in [0.15, 0.2) is 4.34 Å². The molecule has 0 atom stereocenters. The van der Waals surface area contributed by atoms with Gasteiger partial charge in [0.05, 0.1) is 0 Å². The van der Waals surface area contributed by atoms with Gasteiger partial charge >= 0.3 is 0 Å². The minimum atomic E-state index is 0.00671. The Morgan fingerprint density at radius 1 is 1.38 bits per heavy atom. The van der Waals surface area contributed by atoms with E-state index in [2.05, 4.69) is 29.4 Å². The molecule has 1 aromatic rings. The molecule has 6 heteroatoms. The van der Waals surface area contributed by atoms with Crippen LogP contribution in [-0.4, -0.2) is 21.4 Å². The van der Waals surface area contributed by atoms with Crippen LogP contribution in [0.1, 0.15) is 34.1 Å². The molecule has 0 saturated heterocycles. The molecule has 16 heavy (non-hydrogen) atoms. The van der Waals surface area contributed by atoms with Crippen LogP contribution < -0.4 is 5.32 Å². The molecule has 0 aliphatic rings. The van der Waals surface area contributed by atoms with Crippen molar-refractivity contribution in [3.8, 4) is 0 Å². The van der Waals surface area contributed by atoms with Gasteiger partial charge in [0.2, 0.25) is 11.0 Å². The van der Waals surface area contributed by atoms with E-state index in [-0.39, 0.29) is 5.91 Å². The molecule has 1 N–H and O–H groups in total. The molecule has 1 amide bonds. The van der Waals surface area contributed by atoms with Crippen molar-refractivity contribution in [2.24, 2.45) is 5.92 Å². The van der Waals surface area contributed by atoms with E-state index in [1.54, 1.807) is 11.8 Å². The van der Waals surface area contributed by atoms with E-state index in [4.69, 9.17) is 0 Å². The maximum absolute atomic E-state index is 11.5. The van der Waals surface area contributed by atoms with Crippen molar-refractivity contribution < 1.29 is 4.79 Å². The molecule has 0 bridgehead atoms. The van der Waals surface area contributed by atoms with Crippen molar-refractivity contribution in [2.45, 2.75) is 43.7 Å². The van der Waals surface area contributed by atoms with Gasteiger partial charge in [-0.25, -0.2) is 0 Å². The summed E-state index contributed by atoms with van der Waals surface area (Å²) in [6, 6.07) is 0. The SMILES string of the molecule is CC(C)CC(=O)Nc1nnc(SC(C)C)s1. The zero-order chi connectivity index (χ0) is 12.1. The predicted octanol–water partition coefficient (Wildman–Crippen LogP) is 3.02. The molecule has 1 rings (SSSR count). The van der Waals surface area contributed by atoms with E-state index < -0.39 is 0 Å². The van der Waals surface area contributed by atoms with E-state index in [1.165, 1.54) is 11.3 Å². The number of carbonyl (C=O) groups is 1. The summed E-state index contributed by atoms with van der Waals surface area (Å²) in [7, 11) is 0. The van der Waals surface area contributed by atoms with Crippen molar-refractivity contribution in [3.63, 3.8) is 0 Å². The molecule has 0 radical (unpaired) electrons. The minimum absolute atomic E-state index is 0.00671. The molecule has 1 aromatic heterocycles. The lowest BCUT2D eigenvalue weighted by Crippen LogP contribution is -2.13. The van der Waals surface area contributed by atoms with E-state index in [0.29, 0.717) is 22.7 Å². The minimum Gasteiger partial charge on any atom is -0.300 e. The zero-order valence-corrected chi connectivity index (χ0v) is 11.6. The van der Waals surface area contributed by atoms with Crippen molar-refractivity contribution in [1.82, 2.24) is 10.2 Å². The van der Waals surface area contributed by atoms with Gasteiger partial charge in [0, 0.05) is 11.7 Å². The Kier molecular flexibility index (Phi) is 5.21. The Morgan fingerprint density at radius 3 is 2.62 bits per heavy atom. The Bertz CT molecular complexity index is 350. The molecule has 0 aliphatic heterocycles. The molecule has 0 unspecified atom stereocenters. The van der Waals surface area contributed by atoms with Crippen LogP contribution in [0.4, 0.5) is 5.13 Å². The number of amides is 1. The fourth-order valence-electron chi connectivity index (χ4n) is 1.05. The number of hydrogen-bond acceptors (Lipinski definition) is 5. The van der Waals surface area contributed by atoms with Crippen LogP contribution in [0.5, 0.6) is 0 Å².